The average Bonchev–Trinajstić information content (AvgIpc) is 3.02. The lowest BCUT2D eigenvalue weighted by molar-refractivity contribution is 0.489. The molecule has 0 radical (unpaired) electrons. The lowest BCUT2D eigenvalue weighted by Gasteiger charge is -2.18. The molecule has 1 atom stereocenters. The van der Waals surface area contributed by atoms with Crippen LogP contribution >= 0.6 is 35.3 Å². The molecule has 124 valence electrons. The molecule has 0 saturated heterocycles. The number of hydrogen-bond donors (Lipinski definition) is 2. The molecule has 2 rings (SSSR count). The molecule has 7 heteroatoms. The number of hydrogen-bond acceptors (Lipinski definition) is 3. The summed E-state index contributed by atoms with van der Waals surface area (Å²) < 4.78 is 2.04. The highest BCUT2D eigenvalue weighted by Gasteiger charge is 2.07. The lowest BCUT2D eigenvalue weighted by atomic mass is 10.0. The second-order valence-corrected chi connectivity index (χ2v) is 6.64. The standard InChI is InChI=1S/C15H25N5S.HI/c1-11(2)5-6-12(3)18-14(16-4)17-9-13-10-20-7-8-21-15(20)19-13;/h7-8,10-12H,5-6,9H2,1-4H3,(H2,16,17,18);1H. The van der Waals surface area contributed by atoms with Gasteiger partial charge in [0.2, 0.25) is 0 Å². The van der Waals surface area contributed by atoms with Crippen LogP contribution in [0.25, 0.3) is 4.96 Å². The molecule has 0 aliphatic carbocycles. The van der Waals surface area contributed by atoms with E-state index in [0.717, 1.165) is 29.0 Å². The van der Waals surface area contributed by atoms with Crippen molar-refractivity contribution < 1.29 is 0 Å². The summed E-state index contributed by atoms with van der Waals surface area (Å²) in [7, 11) is 1.80. The van der Waals surface area contributed by atoms with E-state index in [0.29, 0.717) is 12.6 Å². The van der Waals surface area contributed by atoms with Gasteiger partial charge in [-0.25, -0.2) is 4.98 Å². The molecule has 1 unspecified atom stereocenters. The number of imidazole rings is 1. The van der Waals surface area contributed by atoms with E-state index in [1.165, 1.54) is 6.42 Å². The Labute approximate surface area is 153 Å². The van der Waals surface area contributed by atoms with Gasteiger partial charge in [0.05, 0.1) is 12.2 Å². The van der Waals surface area contributed by atoms with E-state index >= 15 is 0 Å². The Bertz CT molecular complexity index is 561. The van der Waals surface area contributed by atoms with Crippen LogP contribution in [0.15, 0.2) is 22.8 Å². The zero-order valence-corrected chi connectivity index (χ0v) is 16.8. The molecule has 0 spiro atoms. The summed E-state index contributed by atoms with van der Waals surface area (Å²) in [5.74, 6) is 1.57. The Morgan fingerprint density at radius 1 is 1.36 bits per heavy atom. The van der Waals surface area contributed by atoms with Gasteiger partial charge in [-0.3, -0.25) is 9.39 Å². The van der Waals surface area contributed by atoms with Crippen molar-refractivity contribution in [3.05, 3.63) is 23.5 Å². The van der Waals surface area contributed by atoms with Crippen LogP contribution in [0.1, 0.15) is 39.3 Å². The summed E-state index contributed by atoms with van der Waals surface area (Å²) in [5.41, 5.74) is 1.03. The predicted octanol–water partition coefficient (Wildman–Crippen LogP) is 3.50. The molecular weight excluding hydrogens is 409 g/mol. The Hall–Kier alpha value is -0.830. The van der Waals surface area contributed by atoms with Crippen LogP contribution in [0, 0.1) is 5.92 Å². The van der Waals surface area contributed by atoms with Gasteiger partial charge in [-0.15, -0.1) is 35.3 Å². The maximum absolute atomic E-state index is 4.55. The first-order valence-corrected chi connectivity index (χ1v) is 8.34. The fraction of sp³-hybridized carbons (Fsp3) is 0.600. The molecule has 0 fully saturated rings. The maximum atomic E-state index is 4.55. The molecular formula is C15H26IN5S. The van der Waals surface area contributed by atoms with Gasteiger partial charge >= 0.3 is 0 Å². The van der Waals surface area contributed by atoms with Crippen molar-refractivity contribution >= 4 is 46.2 Å². The number of guanidine groups is 1. The highest BCUT2D eigenvalue weighted by Crippen LogP contribution is 2.11. The van der Waals surface area contributed by atoms with Gasteiger partial charge in [-0.1, -0.05) is 13.8 Å². The third kappa shape index (κ3) is 5.75. The first-order chi connectivity index (χ1) is 10.1. The number of halogens is 1. The molecule has 0 bridgehead atoms. The van der Waals surface area contributed by atoms with Gasteiger partial charge in [-0.05, 0) is 25.7 Å². The number of nitrogens with one attached hydrogen (secondary N) is 2. The second-order valence-electron chi connectivity index (χ2n) is 5.77. The third-order valence-corrected chi connectivity index (χ3v) is 4.13. The number of aromatic nitrogens is 2. The molecule has 0 saturated carbocycles. The van der Waals surface area contributed by atoms with Crippen LogP contribution in [-0.4, -0.2) is 28.4 Å². The SMILES string of the molecule is CN=C(NCc1cn2ccsc2n1)NC(C)CCC(C)C.I. The van der Waals surface area contributed by atoms with Crippen molar-refractivity contribution in [1.29, 1.82) is 0 Å². The van der Waals surface area contributed by atoms with Gasteiger partial charge in [0.25, 0.3) is 0 Å². The zero-order valence-electron chi connectivity index (χ0n) is 13.7. The molecule has 5 nitrogen and oxygen atoms in total. The van der Waals surface area contributed by atoms with Gasteiger partial charge in [0, 0.05) is 30.9 Å². The molecule has 22 heavy (non-hydrogen) atoms. The number of thiazole rings is 1. The summed E-state index contributed by atoms with van der Waals surface area (Å²) >= 11 is 1.65. The molecule has 0 aliphatic rings. The second kappa shape index (κ2) is 9.34. The Balaban J connectivity index is 0.00000242. The maximum Gasteiger partial charge on any atom is 0.193 e. The van der Waals surface area contributed by atoms with Gasteiger partial charge in [0.1, 0.15) is 0 Å². The number of fused-ring (bicyclic) bond motifs is 1. The number of aliphatic imine (C=N–C) groups is 1. The van der Waals surface area contributed by atoms with Crippen molar-refractivity contribution in [2.75, 3.05) is 7.05 Å². The third-order valence-electron chi connectivity index (χ3n) is 3.36. The van der Waals surface area contributed by atoms with Crippen LogP contribution in [0.3, 0.4) is 0 Å². The number of rotatable bonds is 6. The van der Waals surface area contributed by atoms with E-state index < -0.39 is 0 Å². The minimum absolute atomic E-state index is 0. The molecule has 0 aromatic carbocycles. The van der Waals surface area contributed by atoms with Crippen molar-refractivity contribution in [2.45, 2.75) is 46.2 Å². The molecule has 0 amide bonds. The quantitative estimate of drug-likeness (QED) is 0.415. The Kier molecular flexibility index (Phi) is 8.16. The molecule has 2 heterocycles. The smallest absolute Gasteiger partial charge is 0.193 e. The average molecular weight is 435 g/mol. The van der Waals surface area contributed by atoms with Crippen LogP contribution in [0.4, 0.5) is 0 Å². The van der Waals surface area contributed by atoms with E-state index in [1.807, 2.05) is 22.2 Å². The van der Waals surface area contributed by atoms with Gasteiger partial charge < -0.3 is 10.6 Å². The van der Waals surface area contributed by atoms with Gasteiger partial charge in [0.15, 0.2) is 10.9 Å². The van der Waals surface area contributed by atoms with E-state index in [4.69, 9.17) is 0 Å². The fourth-order valence-corrected chi connectivity index (χ4v) is 2.84. The first-order valence-electron chi connectivity index (χ1n) is 7.46. The predicted molar refractivity (Wildman–Crippen MR) is 105 cm³/mol. The molecule has 2 aromatic rings. The first kappa shape index (κ1) is 19.2. The van der Waals surface area contributed by atoms with E-state index in [1.54, 1.807) is 18.4 Å². The number of nitrogens with zero attached hydrogens (tertiary/aromatic N) is 3. The Morgan fingerprint density at radius 3 is 2.77 bits per heavy atom. The van der Waals surface area contributed by atoms with Crippen molar-refractivity contribution in [1.82, 2.24) is 20.0 Å². The van der Waals surface area contributed by atoms with E-state index in [9.17, 15) is 0 Å². The summed E-state index contributed by atoms with van der Waals surface area (Å²) in [4.78, 5) is 9.86. The normalized spacial score (nSPS) is 13.2. The summed E-state index contributed by atoms with van der Waals surface area (Å²) in [6, 6.07) is 0.420. The van der Waals surface area contributed by atoms with Crippen LogP contribution in [0.5, 0.6) is 0 Å². The fourth-order valence-electron chi connectivity index (χ4n) is 2.12. The minimum Gasteiger partial charge on any atom is -0.354 e. The van der Waals surface area contributed by atoms with E-state index in [2.05, 4.69) is 41.4 Å². The highest BCUT2D eigenvalue weighted by molar-refractivity contribution is 14.0. The minimum atomic E-state index is 0. The summed E-state index contributed by atoms with van der Waals surface area (Å²) in [6.45, 7) is 7.39. The highest BCUT2D eigenvalue weighted by atomic mass is 127. The van der Waals surface area contributed by atoms with E-state index in [-0.39, 0.29) is 24.0 Å². The van der Waals surface area contributed by atoms with Crippen LogP contribution in [-0.2, 0) is 6.54 Å². The monoisotopic (exact) mass is 435 g/mol. The molecule has 2 aromatic heterocycles. The van der Waals surface area contributed by atoms with Crippen LogP contribution in [0.2, 0.25) is 0 Å². The van der Waals surface area contributed by atoms with Crippen LogP contribution < -0.4 is 10.6 Å². The van der Waals surface area contributed by atoms with Crippen molar-refractivity contribution in [2.24, 2.45) is 10.9 Å². The van der Waals surface area contributed by atoms with Crippen molar-refractivity contribution in [3.8, 4) is 0 Å². The van der Waals surface area contributed by atoms with Gasteiger partial charge in [-0.2, -0.15) is 0 Å². The molecule has 0 aliphatic heterocycles. The summed E-state index contributed by atoms with van der Waals surface area (Å²) in [6.07, 6.45) is 6.45. The summed E-state index contributed by atoms with van der Waals surface area (Å²) in [5, 5.41) is 8.79. The zero-order chi connectivity index (χ0) is 15.2. The largest absolute Gasteiger partial charge is 0.354 e. The lowest BCUT2D eigenvalue weighted by Crippen LogP contribution is -2.42. The Morgan fingerprint density at radius 2 is 2.14 bits per heavy atom. The van der Waals surface area contributed by atoms with Crippen molar-refractivity contribution in [3.63, 3.8) is 0 Å². The topological polar surface area (TPSA) is 53.7 Å². The molecule has 2 N–H and O–H groups in total.